The van der Waals surface area contributed by atoms with Crippen LogP contribution in [-0.4, -0.2) is 27.0 Å². The number of ether oxygens (including phenoxy) is 1. The lowest BCUT2D eigenvalue weighted by atomic mass is 9.89. The summed E-state index contributed by atoms with van der Waals surface area (Å²) < 4.78 is 7.66. The molecule has 0 radical (unpaired) electrons. The zero-order valence-electron chi connectivity index (χ0n) is 19.2. The highest BCUT2D eigenvalue weighted by molar-refractivity contribution is 6.07. The second kappa shape index (κ2) is 8.58. The van der Waals surface area contributed by atoms with E-state index in [-0.39, 0.29) is 11.8 Å². The number of carbonyl (C=O) groups excluding carboxylic acids is 2. The van der Waals surface area contributed by atoms with Gasteiger partial charge in [0.15, 0.2) is 0 Å². The molecule has 0 saturated heterocycles. The molecule has 33 heavy (non-hydrogen) atoms. The fourth-order valence-corrected chi connectivity index (χ4v) is 5.42. The minimum Gasteiger partial charge on any atom is -0.426 e. The van der Waals surface area contributed by atoms with Crippen molar-refractivity contribution in [3.63, 3.8) is 0 Å². The van der Waals surface area contributed by atoms with E-state index in [0.29, 0.717) is 23.8 Å². The average molecular weight is 444 g/mol. The summed E-state index contributed by atoms with van der Waals surface area (Å²) in [7, 11) is 0. The molecule has 1 N–H and O–H groups in total. The van der Waals surface area contributed by atoms with E-state index in [4.69, 9.17) is 15.1 Å². The van der Waals surface area contributed by atoms with Crippen molar-refractivity contribution in [2.24, 2.45) is 5.92 Å². The molecule has 1 atom stereocenters. The number of carbonyl (C=O) groups is 2. The van der Waals surface area contributed by atoms with Gasteiger partial charge in [0.05, 0.1) is 23.4 Å². The zero-order chi connectivity index (χ0) is 23.1. The molecule has 0 amide bonds. The average Bonchev–Trinajstić information content (AvgIpc) is 3.33. The van der Waals surface area contributed by atoms with Crippen LogP contribution in [0.1, 0.15) is 63.0 Å². The number of Topliss-reactive ketones (excluding diaryl/α,β-unsaturated/α-hetero) is 1. The number of nitrogens with one attached hydrogen (secondary N) is 1. The zero-order valence-corrected chi connectivity index (χ0v) is 19.2. The van der Waals surface area contributed by atoms with Crippen molar-refractivity contribution in [2.75, 3.05) is 0 Å². The predicted octanol–water partition coefficient (Wildman–Crippen LogP) is 5.46. The van der Waals surface area contributed by atoms with Crippen LogP contribution in [0, 0.1) is 11.3 Å². The van der Waals surface area contributed by atoms with Crippen molar-refractivity contribution in [1.82, 2.24) is 9.55 Å². The molecule has 1 unspecified atom stereocenters. The molecule has 2 aromatic heterocycles. The van der Waals surface area contributed by atoms with Crippen LogP contribution in [0.4, 0.5) is 0 Å². The number of hydrogen-bond acceptors (Lipinski definition) is 5. The molecule has 1 aliphatic carbocycles. The molecule has 170 valence electrons. The summed E-state index contributed by atoms with van der Waals surface area (Å²) in [6, 6.07) is 7.94. The van der Waals surface area contributed by atoms with Gasteiger partial charge in [-0.05, 0) is 55.9 Å². The van der Waals surface area contributed by atoms with Crippen molar-refractivity contribution in [2.45, 2.75) is 64.8 Å². The van der Waals surface area contributed by atoms with Gasteiger partial charge < -0.3 is 14.7 Å². The van der Waals surface area contributed by atoms with Crippen molar-refractivity contribution < 1.29 is 14.3 Å². The molecule has 6 heteroatoms. The van der Waals surface area contributed by atoms with Crippen LogP contribution in [0.3, 0.4) is 0 Å². The SMILES string of the molecule is CC(=N)C(C(C)=O)c1cnc2c(-c3ccc4c(c3)OC(=O)C4)cn(CC3CCCCC3)c2c1. The molecule has 3 aromatic rings. The van der Waals surface area contributed by atoms with Gasteiger partial charge in [0.25, 0.3) is 0 Å². The van der Waals surface area contributed by atoms with Crippen LogP contribution < -0.4 is 4.74 Å². The number of aromatic nitrogens is 2. The Kier molecular flexibility index (Phi) is 5.60. The minimum atomic E-state index is -0.567. The highest BCUT2D eigenvalue weighted by atomic mass is 16.5. The van der Waals surface area contributed by atoms with Crippen molar-refractivity contribution in [3.05, 3.63) is 47.8 Å². The highest BCUT2D eigenvalue weighted by Gasteiger charge is 2.25. The summed E-state index contributed by atoms with van der Waals surface area (Å²) in [5.41, 5.74) is 5.80. The van der Waals surface area contributed by atoms with Gasteiger partial charge in [-0.3, -0.25) is 14.6 Å². The number of benzene rings is 1. The Hall–Kier alpha value is -3.28. The fraction of sp³-hybridized carbons (Fsp3) is 0.407. The first kappa shape index (κ1) is 21.6. The van der Waals surface area contributed by atoms with Crippen LogP contribution in [0.15, 0.2) is 36.7 Å². The summed E-state index contributed by atoms with van der Waals surface area (Å²) >= 11 is 0. The number of rotatable bonds is 6. The van der Waals surface area contributed by atoms with Crippen molar-refractivity contribution in [3.8, 4) is 16.9 Å². The Labute approximate surface area is 193 Å². The molecular weight excluding hydrogens is 414 g/mol. The molecule has 1 saturated carbocycles. The maximum absolute atomic E-state index is 12.3. The second-order valence-corrected chi connectivity index (χ2v) is 9.54. The standard InChI is InChI=1S/C27H29N3O3/c1-16(28)26(17(2)31)21-10-23-27(29-13-21)22(15-30(23)14-18-6-4-3-5-7-18)19-8-9-20-12-25(32)33-24(20)11-19/h8-11,13,15,18,26,28H,3-7,12,14H2,1-2H3. The molecule has 1 aliphatic heterocycles. The van der Waals surface area contributed by atoms with E-state index < -0.39 is 5.92 Å². The molecule has 5 rings (SSSR count). The normalized spacial score (nSPS) is 17.1. The number of nitrogens with zero attached hydrogens (tertiary/aromatic N) is 2. The first-order valence-corrected chi connectivity index (χ1v) is 11.8. The molecule has 3 heterocycles. The lowest BCUT2D eigenvalue weighted by Crippen LogP contribution is -2.17. The van der Waals surface area contributed by atoms with E-state index in [9.17, 15) is 9.59 Å². The van der Waals surface area contributed by atoms with Gasteiger partial charge >= 0.3 is 5.97 Å². The van der Waals surface area contributed by atoms with Gasteiger partial charge in [-0.25, -0.2) is 0 Å². The molecular formula is C27H29N3O3. The van der Waals surface area contributed by atoms with Crippen LogP contribution in [-0.2, 0) is 22.6 Å². The fourth-order valence-electron chi connectivity index (χ4n) is 5.42. The van der Waals surface area contributed by atoms with Crippen LogP contribution in [0.2, 0.25) is 0 Å². The molecule has 1 aromatic carbocycles. The molecule has 2 aliphatic rings. The number of hydrogen-bond donors (Lipinski definition) is 1. The topological polar surface area (TPSA) is 85.0 Å². The third-order valence-corrected chi connectivity index (χ3v) is 7.03. The summed E-state index contributed by atoms with van der Waals surface area (Å²) in [4.78, 5) is 28.8. The van der Waals surface area contributed by atoms with Crippen LogP contribution in [0.25, 0.3) is 22.2 Å². The van der Waals surface area contributed by atoms with Gasteiger partial charge in [0, 0.05) is 35.8 Å². The van der Waals surface area contributed by atoms with E-state index in [1.807, 2.05) is 24.3 Å². The first-order valence-electron chi connectivity index (χ1n) is 11.8. The monoisotopic (exact) mass is 443 g/mol. The lowest BCUT2D eigenvalue weighted by molar-refractivity contribution is -0.131. The predicted molar refractivity (Wildman–Crippen MR) is 128 cm³/mol. The largest absolute Gasteiger partial charge is 0.426 e. The molecule has 0 spiro atoms. The summed E-state index contributed by atoms with van der Waals surface area (Å²) in [5, 5.41) is 8.12. The smallest absolute Gasteiger partial charge is 0.315 e. The first-order chi connectivity index (χ1) is 15.9. The quantitative estimate of drug-likeness (QED) is 0.312. The van der Waals surface area contributed by atoms with Gasteiger partial charge in [-0.2, -0.15) is 0 Å². The Morgan fingerprint density at radius 2 is 2.00 bits per heavy atom. The Bertz CT molecular complexity index is 1250. The van der Waals surface area contributed by atoms with E-state index in [1.54, 1.807) is 13.1 Å². The Balaban J connectivity index is 1.62. The molecule has 0 bridgehead atoms. The third-order valence-electron chi connectivity index (χ3n) is 7.03. The summed E-state index contributed by atoms with van der Waals surface area (Å²) in [6.45, 7) is 4.12. The van der Waals surface area contributed by atoms with Gasteiger partial charge in [-0.1, -0.05) is 31.4 Å². The number of esters is 1. The Morgan fingerprint density at radius 3 is 2.73 bits per heavy atom. The summed E-state index contributed by atoms with van der Waals surface area (Å²) in [5.74, 6) is 0.415. The number of pyridine rings is 1. The minimum absolute atomic E-state index is 0.0466. The third kappa shape index (κ3) is 4.10. The van der Waals surface area contributed by atoms with Crippen molar-refractivity contribution >= 4 is 28.5 Å². The Morgan fingerprint density at radius 1 is 1.21 bits per heavy atom. The number of fused-ring (bicyclic) bond motifs is 2. The number of ketones is 1. The lowest BCUT2D eigenvalue weighted by Gasteiger charge is -2.22. The van der Waals surface area contributed by atoms with Gasteiger partial charge in [-0.15, -0.1) is 0 Å². The van der Waals surface area contributed by atoms with E-state index in [0.717, 1.165) is 39.8 Å². The molecule has 1 fully saturated rings. The second-order valence-electron chi connectivity index (χ2n) is 9.54. The van der Waals surface area contributed by atoms with E-state index in [2.05, 4.69) is 10.8 Å². The van der Waals surface area contributed by atoms with Gasteiger partial charge in [0.2, 0.25) is 0 Å². The maximum Gasteiger partial charge on any atom is 0.315 e. The molecule has 6 nitrogen and oxygen atoms in total. The van der Waals surface area contributed by atoms with E-state index >= 15 is 0 Å². The highest BCUT2D eigenvalue weighted by Crippen LogP contribution is 2.37. The summed E-state index contributed by atoms with van der Waals surface area (Å²) in [6.07, 6.45) is 10.5. The van der Waals surface area contributed by atoms with Crippen LogP contribution in [0.5, 0.6) is 5.75 Å². The van der Waals surface area contributed by atoms with Crippen LogP contribution >= 0.6 is 0 Å². The maximum atomic E-state index is 12.3. The van der Waals surface area contributed by atoms with Crippen molar-refractivity contribution in [1.29, 1.82) is 5.41 Å². The van der Waals surface area contributed by atoms with Gasteiger partial charge in [0.1, 0.15) is 11.5 Å². The van der Waals surface area contributed by atoms with E-state index in [1.165, 1.54) is 39.0 Å².